The summed E-state index contributed by atoms with van der Waals surface area (Å²) in [6.07, 6.45) is 4.54. The third-order valence-electron chi connectivity index (χ3n) is 4.11. The number of benzene rings is 1. The predicted octanol–water partition coefficient (Wildman–Crippen LogP) is 2.33. The standard InChI is InChI=1S/C20H21FN6O/c21-19-13(3-5-18-15(19)2-1-7-25-18)12-26-20-16(23)4-6-17(27-20)14(10-22)11-24-8-9-28/h1-7,10-11,28H,8-9,12,22-23H2,(H,26,27). The van der Waals surface area contributed by atoms with Gasteiger partial charge >= 0.3 is 0 Å². The van der Waals surface area contributed by atoms with Crippen LogP contribution in [-0.2, 0) is 6.54 Å². The lowest BCUT2D eigenvalue weighted by Gasteiger charge is -2.12. The first-order valence-electron chi connectivity index (χ1n) is 8.69. The molecule has 0 aliphatic carbocycles. The van der Waals surface area contributed by atoms with Crippen molar-refractivity contribution in [3.63, 3.8) is 0 Å². The van der Waals surface area contributed by atoms with Crippen molar-refractivity contribution in [1.29, 1.82) is 0 Å². The maximum atomic E-state index is 14.7. The number of nitrogens with two attached hydrogens (primary N) is 2. The molecule has 0 amide bonds. The molecule has 0 aliphatic heterocycles. The summed E-state index contributed by atoms with van der Waals surface area (Å²) < 4.78 is 14.7. The molecule has 6 N–H and O–H groups in total. The maximum Gasteiger partial charge on any atom is 0.150 e. The van der Waals surface area contributed by atoms with Crippen molar-refractivity contribution in [3.8, 4) is 0 Å². The highest BCUT2D eigenvalue weighted by atomic mass is 19.1. The van der Waals surface area contributed by atoms with Crippen LogP contribution >= 0.6 is 0 Å². The summed E-state index contributed by atoms with van der Waals surface area (Å²) in [7, 11) is 0. The number of nitrogens with zero attached hydrogens (tertiary/aromatic N) is 3. The minimum Gasteiger partial charge on any atom is -0.404 e. The van der Waals surface area contributed by atoms with Crippen LogP contribution < -0.4 is 16.8 Å². The van der Waals surface area contributed by atoms with Gasteiger partial charge in [-0.05, 0) is 30.3 Å². The van der Waals surface area contributed by atoms with Crippen molar-refractivity contribution in [2.75, 3.05) is 24.2 Å². The second-order valence-electron chi connectivity index (χ2n) is 5.98. The van der Waals surface area contributed by atoms with Crippen LogP contribution in [0.3, 0.4) is 0 Å². The molecule has 7 nitrogen and oxygen atoms in total. The Morgan fingerprint density at radius 1 is 1.25 bits per heavy atom. The van der Waals surface area contributed by atoms with E-state index in [1.807, 2.05) is 0 Å². The van der Waals surface area contributed by atoms with Crippen LogP contribution in [0.25, 0.3) is 16.5 Å². The molecule has 28 heavy (non-hydrogen) atoms. The Labute approximate surface area is 161 Å². The van der Waals surface area contributed by atoms with Gasteiger partial charge in [-0.2, -0.15) is 0 Å². The Balaban J connectivity index is 1.82. The number of hydrogen-bond donors (Lipinski definition) is 4. The Bertz CT molecular complexity index is 1030. The van der Waals surface area contributed by atoms with Crippen LogP contribution in [0.5, 0.6) is 0 Å². The van der Waals surface area contributed by atoms with Crippen molar-refractivity contribution >= 4 is 34.2 Å². The normalized spacial score (nSPS) is 12.0. The number of anilines is 2. The van der Waals surface area contributed by atoms with Gasteiger partial charge in [-0.3, -0.25) is 9.98 Å². The molecule has 3 aromatic rings. The van der Waals surface area contributed by atoms with Gasteiger partial charge in [0.1, 0.15) is 11.6 Å². The molecule has 0 saturated carbocycles. The minimum atomic E-state index is -0.327. The first kappa shape index (κ1) is 19.2. The highest BCUT2D eigenvalue weighted by molar-refractivity contribution is 6.09. The zero-order valence-electron chi connectivity index (χ0n) is 15.1. The zero-order chi connectivity index (χ0) is 19.9. The quantitative estimate of drug-likeness (QED) is 0.467. The van der Waals surface area contributed by atoms with Crippen molar-refractivity contribution < 1.29 is 9.50 Å². The van der Waals surface area contributed by atoms with Crippen LogP contribution in [0, 0.1) is 5.82 Å². The van der Waals surface area contributed by atoms with E-state index in [-0.39, 0.29) is 25.5 Å². The third-order valence-corrected chi connectivity index (χ3v) is 4.11. The number of aromatic nitrogens is 2. The molecule has 3 rings (SSSR count). The van der Waals surface area contributed by atoms with E-state index < -0.39 is 0 Å². The number of hydrogen-bond acceptors (Lipinski definition) is 7. The van der Waals surface area contributed by atoms with Gasteiger partial charge in [0.15, 0.2) is 0 Å². The Morgan fingerprint density at radius 2 is 2.11 bits per heavy atom. The zero-order valence-corrected chi connectivity index (χ0v) is 15.1. The van der Waals surface area contributed by atoms with Gasteiger partial charge < -0.3 is 21.9 Å². The second-order valence-corrected chi connectivity index (χ2v) is 5.98. The van der Waals surface area contributed by atoms with Gasteiger partial charge in [-0.25, -0.2) is 9.37 Å². The first-order valence-corrected chi connectivity index (χ1v) is 8.69. The van der Waals surface area contributed by atoms with E-state index in [0.29, 0.717) is 39.2 Å². The molecule has 2 heterocycles. The Hall–Kier alpha value is -3.52. The average molecular weight is 380 g/mol. The van der Waals surface area contributed by atoms with Crippen LogP contribution in [0.1, 0.15) is 11.3 Å². The highest BCUT2D eigenvalue weighted by Crippen LogP contribution is 2.23. The van der Waals surface area contributed by atoms with Crippen LogP contribution in [0.2, 0.25) is 0 Å². The number of nitrogens with one attached hydrogen (secondary N) is 1. The lowest BCUT2D eigenvalue weighted by molar-refractivity contribution is 0.307. The van der Waals surface area contributed by atoms with E-state index in [2.05, 4.69) is 20.3 Å². The van der Waals surface area contributed by atoms with Crippen LogP contribution in [-0.4, -0.2) is 34.4 Å². The lowest BCUT2D eigenvalue weighted by Crippen LogP contribution is -2.08. The van der Waals surface area contributed by atoms with E-state index >= 15 is 0 Å². The molecule has 0 aliphatic rings. The van der Waals surface area contributed by atoms with Crippen molar-refractivity contribution in [2.45, 2.75) is 6.54 Å². The molecule has 0 fully saturated rings. The molecule has 0 radical (unpaired) electrons. The summed E-state index contributed by atoms with van der Waals surface area (Å²) in [6.45, 7) is 0.425. The Kier molecular flexibility index (Phi) is 6.13. The topological polar surface area (TPSA) is 122 Å². The molecule has 0 saturated heterocycles. The van der Waals surface area contributed by atoms with Gasteiger partial charge in [0.2, 0.25) is 0 Å². The highest BCUT2D eigenvalue weighted by Gasteiger charge is 2.10. The Morgan fingerprint density at radius 3 is 2.89 bits per heavy atom. The van der Waals surface area contributed by atoms with Gasteiger partial charge in [0, 0.05) is 41.7 Å². The van der Waals surface area contributed by atoms with E-state index in [9.17, 15) is 4.39 Å². The summed E-state index contributed by atoms with van der Waals surface area (Å²) >= 11 is 0. The number of nitrogen functional groups attached to an aromatic ring is 1. The molecular weight excluding hydrogens is 359 g/mol. The number of allylic oxidation sites excluding steroid dienone is 1. The number of fused-ring (bicyclic) bond motifs is 1. The van der Waals surface area contributed by atoms with Gasteiger partial charge in [0.05, 0.1) is 30.0 Å². The number of aliphatic hydroxyl groups is 1. The fourth-order valence-corrected chi connectivity index (χ4v) is 2.66. The number of aliphatic imine (C=N–C) groups is 1. The molecule has 0 unspecified atom stereocenters. The number of rotatable bonds is 7. The SMILES string of the molecule is NC=C(C=NCCO)c1ccc(N)c(NCc2ccc3ncccc3c2F)n1. The molecule has 0 atom stereocenters. The maximum absolute atomic E-state index is 14.7. The van der Waals surface area contributed by atoms with Gasteiger partial charge in [0.25, 0.3) is 0 Å². The van der Waals surface area contributed by atoms with E-state index in [1.54, 1.807) is 42.6 Å². The number of halogens is 1. The molecule has 0 bridgehead atoms. The number of aliphatic hydroxyl groups excluding tert-OH is 1. The van der Waals surface area contributed by atoms with E-state index in [0.717, 1.165) is 0 Å². The van der Waals surface area contributed by atoms with Crippen LogP contribution in [0.15, 0.2) is 53.8 Å². The monoisotopic (exact) mass is 380 g/mol. The minimum absolute atomic E-state index is 0.0524. The van der Waals surface area contributed by atoms with E-state index in [4.69, 9.17) is 16.6 Å². The summed E-state index contributed by atoms with van der Waals surface area (Å²) in [5, 5.41) is 12.4. The molecule has 1 aromatic carbocycles. The van der Waals surface area contributed by atoms with E-state index in [1.165, 1.54) is 12.4 Å². The molecular formula is C20H21FN6O. The second kappa shape index (κ2) is 8.92. The fraction of sp³-hybridized carbons (Fsp3) is 0.150. The lowest BCUT2D eigenvalue weighted by atomic mass is 10.1. The third kappa shape index (κ3) is 4.24. The van der Waals surface area contributed by atoms with Crippen molar-refractivity contribution in [1.82, 2.24) is 9.97 Å². The average Bonchev–Trinajstić information content (AvgIpc) is 2.72. The summed E-state index contributed by atoms with van der Waals surface area (Å²) in [5.41, 5.74) is 14.3. The fourth-order valence-electron chi connectivity index (χ4n) is 2.66. The molecule has 0 spiro atoms. The molecule has 8 heteroatoms. The molecule has 2 aromatic heterocycles. The summed E-state index contributed by atoms with van der Waals surface area (Å²) in [6, 6.07) is 10.3. The van der Waals surface area contributed by atoms with Gasteiger partial charge in [-0.1, -0.05) is 6.07 Å². The smallest absolute Gasteiger partial charge is 0.150 e. The van der Waals surface area contributed by atoms with Gasteiger partial charge in [-0.15, -0.1) is 0 Å². The van der Waals surface area contributed by atoms with Crippen molar-refractivity contribution in [3.05, 3.63) is 65.9 Å². The molecule has 144 valence electrons. The predicted molar refractivity (Wildman–Crippen MR) is 110 cm³/mol. The van der Waals surface area contributed by atoms with Crippen LogP contribution in [0.4, 0.5) is 15.9 Å². The summed E-state index contributed by atoms with van der Waals surface area (Å²) in [4.78, 5) is 12.7. The first-order chi connectivity index (χ1) is 13.6. The number of pyridine rings is 2. The van der Waals surface area contributed by atoms with Crippen molar-refractivity contribution in [2.24, 2.45) is 10.7 Å². The summed E-state index contributed by atoms with van der Waals surface area (Å²) in [5.74, 6) is 0.0876. The largest absolute Gasteiger partial charge is 0.404 e.